The lowest BCUT2D eigenvalue weighted by Crippen LogP contribution is -2.15. The number of nitrogens with one attached hydrogen (secondary N) is 1. The SMILES string of the molecule is O=C(Nc1cccc(C(O)C[N+](=O)[O-])c1)c1ccccc1-c1ccc(C(F)(F)F)cc1. The van der Waals surface area contributed by atoms with E-state index in [1.165, 1.54) is 36.4 Å². The van der Waals surface area contributed by atoms with E-state index in [0.29, 0.717) is 16.8 Å². The molecule has 3 aromatic carbocycles. The van der Waals surface area contributed by atoms with Gasteiger partial charge < -0.3 is 10.4 Å². The van der Waals surface area contributed by atoms with Crippen molar-refractivity contribution in [3.63, 3.8) is 0 Å². The van der Waals surface area contributed by atoms with Crippen molar-refractivity contribution in [2.45, 2.75) is 12.3 Å². The first-order valence-electron chi connectivity index (χ1n) is 9.13. The highest BCUT2D eigenvalue weighted by atomic mass is 19.4. The molecule has 1 unspecified atom stereocenters. The van der Waals surface area contributed by atoms with Crippen LogP contribution in [0.25, 0.3) is 11.1 Å². The third kappa shape index (κ3) is 5.46. The minimum Gasteiger partial charge on any atom is -0.382 e. The van der Waals surface area contributed by atoms with Crippen molar-refractivity contribution in [3.05, 3.63) is 99.6 Å². The third-order valence-corrected chi connectivity index (χ3v) is 4.55. The summed E-state index contributed by atoms with van der Waals surface area (Å²) in [6.07, 6.45) is -5.79. The highest BCUT2D eigenvalue weighted by molar-refractivity contribution is 6.08. The number of halogens is 3. The highest BCUT2D eigenvalue weighted by Gasteiger charge is 2.30. The predicted octanol–water partition coefficient (Wildman–Crippen LogP) is 4.93. The lowest BCUT2D eigenvalue weighted by Gasteiger charge is -2.13. The number of amides is 1. The summed E-state index contributed by atoms with van der Waals surface area (Å²) in [6, 6.07) is 17.0. The van der Waals surface area contributed by atoms with E-state index >= 15 is 0 Å². The standard InChI is InChI=1S/C22H17F3N2O4/c23-22(24,25)16-10-8-14(9-11-16)18-6-1-2-7-19(18)21(29)26-17-5-3-4-15(12-17)20(28)13-27(30)31/h1-12,20,28H,13H2,(H,26,29). The van der Waals surface area contributed by atoms with E-state index in [9.17, 15) is 33.2 Å². The Morgan fingerprint density at radius 2 is 1.71 bits per heavy atom. The Labute approximate surface area is 175 Å². The van der Waals surface area contributed by atoms with Crippen molar-refractivity contribution in [3.8, 4) is 11.1 Å². The van der Waals surface area contributed by atoms with Crippen LogP contribution >= 0.6 is 0 Å². The van der Waals surface area contributed by atoms with E-state index in [4.69, 9.17) is 0 Å². The molecule has 0 heterocycles. The highest BCUT2D eigenvalue weighted by Crippen LogP contribution is 2.32. The van der Waals surface area contributed by atoms with Crippen LogP contribution in [0.3, 0.4) is 0 Å². The number of carbonyl (C=O) groups excluding carboxylic acids is 1. The van der Waals surface area contributed by atoms with Gasteiger partial charge in [-0.15, -0.1) is 0 Å². The first-order valence-corrected chi connectivity index (χ1v) is 9.13. The molecule has 31 heavy (non-hydrogen) atoms. The number of benzene rings is 3. The molecule has 2 N–H and O–H groups in total. The van der Waals surface area contributed by atoms with E-state index < -0.39 is 35.2 Å². The van der Waals surface area contributed by atoms with E-state index in [0.717, 1.165) is 12.1 Å². The van der Waals surface area contributed by atoms with Crippen molar-refractivity contribution in [2.24, 2.45) is 0 Å². The quantitative estimate of drug-likeness (QED) is 0.428. The maximum Gasteiger partial charge on any atom is 0.416 e. The second-order valence-electron chi connectivity index (χ2n) is 6.73. The smallest absolute Gasteiger partial charge is 0.382 e. The third-order valence-electron chi connectivity index (χ3n) is 4.55. The van der Waals surface area contributed by atoms with Crippen LogP contribution in [-0.2, 0) is 6.18 Å². The second-order valence-corrected chi connectivity index (χ2v) is 6.73. The van der Waals surface area contributed by atoms with Gasteiger partial charge in [0.25, 0.3) is 5.91 Å². The summed E-state index contributed by atoms with van der Waals surface area (Å²) in [6.45, 7) is -0.672. The van der Waals surface area contributed by atoms with Crippen LogP contribution in [0, 0.1) is 10.1 Å². The summed E-state index contributed by atoms with van der Waals surface area (Å²) in [5.41, 5.74) is 0.909. The summed E-state index contributed by atoms with van der Waals surface area (Å²) in [4.78, 5) is 22.8. The molecule has 0 spiro atoms. The number of hydrogen-bond donors (Lipinski definition) is 2. The van der Waals surface area contributed by atoms with Gasteiger partial charge in [0, 0.05) is 16.2 Å². The normalized spacial score (nSPS) is 12.3. The number of rotatable bonds is 6. The van der Waals surface area contributed by atoms with E-state index in [1.807, 2.05) is 0 Å². The minimum absolute atomic E-state index is 0.235. The van der Waals surface area contributed by atoms with Crippen LogP contribution in [0.15, 0.2) is 72.8 Å². The first-order chi connectivity index (χ1) is 14.6. The van der Waals surface area contributed by atoms with Crippen LogP contribution < -0.4 is 5.32 Å². The van der Waals surface area contributed by atoms with Gasteiger partial charge in [0.15, 0.2) is 0 Å². The number of nitro groups is 1. The van der Waals surface area contributed by atoms with Crippen molar-refractivity contribution < 1.29 is 28.0 Å². The monoisotopic (exact) mass is 430 g/mol. The number of aliphatic hydroxyl groups excluding tert-OH is 1. The molecule has 0 fully saturated rings. The van der Waals surface area contributed by atoms with Crippen molar-refractivity contribution in [1.82, 2.24) is 0 Å². The Hall–Kier alpha value is -3.72. The Balaban J connectivity index is 1.85. The molecule has 1 atom stereocenters. The predicted molar refractivity (Wildman–Crippen MR) is 108 cm³/mol. The summed E-state index contributed by atoms with van der Waals surface area (Å²) in [5.74, 6) is -0.517. The Kier molecular flexibility index (Phi) is 6.36. The molecule has 160 valence electrons. The van der Waals surface area contributed by atoms with Gasteiger partial charge in [-0.2, -0.15) is 13.2 Å². The molecule has 0 saturated heterocycles. The fourth-order valence-corrected chi connectivity index (χ4v) is 3.04. The van der Waals surface area contributed by atoms with Crippen LogP contribution in [0.5, 0.6) is 0 Å². The van der Waals surface area contributed by atoms with Crippen molar-refractivity contribution in [2.75, 3.05) is 11.9 Å². The largest absolute Gasteiger partial charge is 0.416 e. The zero-order valence-corrected chi connectivity index (χ0v) is 16.0. The van der Waals surface area contributed by atoms with Gasteiger partial charge >= 0.3 is 6.18 Å². The Morgan fingerprint density at radius 3 is 2.35 bits per heavy atom. The molecular formula is C22H17F3N2O4. The van der Waals surface area contributed by atoms with Gasteiger partial charge in [-0.3, -0.25) is 14.9 Å². The van der Waals surface area contributed by atoms with E-state index in [-0.39, 0.29) is 11.1 Å². The second kappa shape index (κ2) is 8.97. The molecule has 1 amide bonds. The number of aliphatic hydroxyl groups is 1. The molecule has 0 radical (unpaired) electrons. The maximum absolute atomic E-state index is 12.8. The fourth-order valence-electron chi connectivity index (χ4n) is 3.04. The van der Waals surface area contributed by atoms with Gasteiger partial charge in [0.2, 0.25) is 6.54 Å². The number of anilines is 1. The van der Waals surface area contributed by atoms with Crippen LogP contribution in [0.1, 0.15) is 27.6 Å². The number of carbonyl (C=O) groups is 1. The van der Waals surface area contributed by atoms with Gasteiger partial charge in [0.05, 0.1) is 5.56 Å². The van der Waals surface area contributed by atoms with Gasteiger partial charge in [-0.25, -0.2) is 0 Å². The van der Waals surface area contributed by atoms with Crippen LogP contribution in [0.2, 0.25) is 0 Å². The Morgan fingerprint density at radius 1 is 1.03 bits per heavy atom. The molecular weight excluding hydrogens is 413 g/mol. The molecule has 3 rings (SSSR count). The number of hydrogen-bond acceptors (Lipinski definition) is 4. The van der Waals surface area contributed by atoms with Crippen LogP contribution in [0.4, 0.5) is 18.9 Å². The van der Waals surface area contributed by atoms with E-state index in [1.54, 1.807) is 24.3 Å². The average Bonchev–Trinajstić information content (AvgIpc) is 2.73. The zero-order chi connectivity index (χ0) is 22.6. The maximum atomic E-state index is 12.8. The molecule has 0 aliphatic rings. The lowest BCUT2D eigenvalue weighted by molar-refractivity contribution is -0.491. The zero-order valence-electron chi connectivity index (χ0n) is 16.0. The van der Waals surface area contributed by atoms with Crippen LogP contribution in [-0.4, -0.2) is 22.5 Å². The summed E-state index contributed by atoms with van der Waals surface area (Å²) < 4.78 is 38.4. The average molecular weight is 430 g/mol. The molecule has 9 heteroatoms. The number of alkyl halides is 3. The lowest BCUT2D eigenvalue weighted by atomic mass is 9.98. The minimum atomic E-state index is -4.46. The summed E-state index contributed by atoms with van der Waals surface area (Å²) in [5, 5.41) is 23.1. The summed E-state index contributed by atoms with van der Waals surface area (Å²) in [7, 11) is 0. The molecule has 3 aromatic rings. The molecule has 0 aliphatic carbocycles. The molecule has 0 aliphatic heterocycles. The topological polar surface area (TPSA) is 92.5 Å². The molecule has 0 saturated carbocycles. The summed E-state index contributed by atoms with van der Waals surface area (Å²) >= 11 is 0. The first kappa shape index (κ1) is 22.0. The van der Waals surface area contributed by atoms with Gasteiger partial charge in [-0.1, -0.05) is 42.5 Å². The molecule has 0 aromatic heterocycles. The van der Waals surface area contributed by atoms with Gasteiger partial charge in [0.1, 0.15) is 6.10 Å². The Bertz CT molecular complexity index is 1100. The number of nitrogens with zero attached hydrogens (tertiary/aromatic N) is 1. The molecule has 0 bridgehead atoms. The van der Waals surface area contributed by atoms with Crippen molar-refractivity contribution >= 4 is 11.6 Å². The van der Waals surface area contributed by atoms with Crippen molar-refractivity contribution in [1.29, 1.82) is 0 Å². The molecule has 6 nitrogen and oxygen atoms in total. The van der Waals surface area contributed by atoms with E-state index in [2.05, 4.69) is 5.32 Å². The fraction of sp³-hybridized carbons (Fsp3) is 0.136. The van der Waals surface area contributed by atoms with Gasteiger partial charge in [-0.05, 0) is 47.0 Å².